The Kier molecular flexibility index (Phi) is 4.34. The molecule has 6 nitrogen and oxygen atoms in total. The van der Waals surface area contributed by atoms with Crippen LogP contribution < -0.4 is 14.8 Å². The predicted octanol–water partition coefficient (Wildman–Crippen LogP) is 2.41. The maximum absolute atomic E-state index is 6.32. The molecule has 0 saturated heterocycles. The minimum Gasteiger partial charge on any atom is -0.493 e. The first-order valence-electron chi connectivity index (χ1n) is 6.07. The summed E-state index contributed by atoms with van der Waals surface area (Å²) in [5.41, 5.74) is 0.893. The Balaban J connectivity index is 2.20. The predicted molar refractivity (Wildman–Crippen MR) is 77.6 cm³/mol. The first-order valence-corrected chi connectivity index (χ1v) is 6.45. The van der Waals surface area contributed by atoms with Gasteiger partial charge in [-0.15, -0.1) is 0 Å². The third kappa shape index (κ3) is 2.80. The van der Waals surface area contributed by atoms with Gasteiger partial charge in [0.15, 0.2) is 11.5 Å². The number of hydrogen-bond acceptors (Lipinski definition) is 5. The number of halogens is 1. The summed E-state index contributed by atoms with van der Waals surface area (Å²) in [6.45, 7) is 2.36. The number of hydrogen-bond donors (Lipinski definition) is 1. The van der Waals surface area contributed by atoms with Crippen LogP contribution in [-0.2, 0) is 13.6 Å². The van der Waals surface area contributed by atoms with Gasteiger partial charge >= 0.3 is 0 Å². The number of nitrogens with one attached hydrogen (secondary N) is 1. The normalized spacial score (nSPS) is 10.4. The summed E-state index contributed by atoms with van der Waals surface area (Å²) in [5.74, 6) is 2.54. The van der Waals surface area contributed by atoms with Gasteiger partial charge in [0.1, 0.15) is 5.82 Å². The summed E-state index contributed by atoms with van der Waals surface area (Å²) >= 11 is 6.32. The second-order valence-corrected chi connectivity index (χ2v) is 4.61. The van der Waals surface area contributed by atoms with Crippen molar-refractivity contribution in [3.8, 4) is 11.5 Å². The Hall–Kier alpha value is -1.95. The number of rotatable bonds is 5. The molecular weight excluding hydrogens is 280 g/mol. The number of anilines is 1. The standard InChI is InChI=1S/C13H17ClN4O2/c1-8-16-13(18(2)17-8)15-7-9-5-6-10(19-3)12(20-4)11(9)14/h5-6H,7H2,1-4H3,(H,15,16,17). The molecule has 2 rings (SSSR count). The van der Waals surface area contributed by atoms with Gasteiger partial charge in [-0.3, -0.25) is 0 Å². The first kappa shape index (κ1) is 14.5. The number of benzene rings is 1. The summed E-state index contributed by atoms with van der Waals surface area (Å²) in [5, 5.41) is 7.89. The van der Waals surface area contributed by atoms with E-state index < -0.39 is 0 Å². The minimum atomic E-state index is 0.519. The van der Waals surface area contributed by atoms with Gasteiger partial charge in [0.25, 0.3) is 0 Å². The molecule has 2 aromatic rings. The Morgan fingerprint density at radius 2 is 2.05 bits per heavy atom. The summed E-state index contributed by atoms with van der Waals surface area (Å²) < 4.78 is 12.2. The molecule has 1 aromatic heterocycles. The molecule has 7 heteroatoms. The summed E-state index contributed by atoms with van der Waals surface area (Å²) in [7, 11) is 4.97. The van der Waals surface area contributed by atoms with Crippen LogP contribution in [0, 0.1) is 6.92 Å². The molecule has 1 aromatic carbocycles. The summed E-state index contributed by atoms with van der Waals surface area (Å²) in [6, 6.07) is 3.71. The van der Waals surface area contributed by atoms with Crippen molar-refractivity contribution in [2.75, 3.05) is 19.5 Å². The molecule has 0 saturated carbocycles. The molecule has 0 fully saturated rings. The molecule has 108 valence electrons. The molecule has 0 bridgehead atoms. The Bertz CT molecular complexity index is 613. The number of aromatic nitrogens is 3. The second-order valence-electron chi connectivity index (χ2n) is 4.23. The molecule has 0 aliphatic rings. The second kappa shape index (κ2) is 6.00. The quantitative estimate of drug-likeness (QED) is 0.918. The van der Waals surface area contributed by atoms with Gasteiger partial charge in [-0.05, 0) is 18.6 Å². The van der Waals surface area contributed by atoms with Crippen molar-refractivity contribution in [1.82, 2.24) is 14.8 Å². The molecule has 0 spiro atoms. The molecule has 0 aliphatic heterocycles. The van der Waals surface area contributed by atoms with E-state index in [-0.39, 0.29) is 0 Å². The lowest BCUT2D eigenvalue weighted by atomic mass is 10.2. The van der Waals surface area contributed by atoms with Gasteiger partial charge in [-0.25, -0.2) is 4.68 Å². The molecular formula is C13H17ClN4O2. The van der Waals surface area contributed by atoms with Crippen LogP contribution in [0.15, 0.2) is 12.1 Å². The van der Waals surface area contributed by atoms with Gasteiger partial charge in [0, 0.05) is 13.6 Å². The summed E-state index contributed by atoms with van der Waals surface area (Å²) in [4.78, 5) is 4.27. The highest BCUT2D eigenvalue weighted by molar-refractivity contribution is 6.33. The zero-order valence-corrected chi connectivity index (χ0v) is 12.7. The Morgan fingerprint density at radius 3 is 2.60 bits per heavy atom. The fraction of sp³-hybridized carbons (Fsp3) is 0.385. The van der Waals surface area contributed by atoms with E-state index in [0.29, 0.717) is 34.8 Å². The lowest BCUT2D eigenvalue weighted by Gasteiger charge is -2.13. The van der Waals surface area contributed by atoms with Crippen LogP contribution in [0.5, 0.6) is 11.5 Å². The van der Waals surface area contributed by atoms with E-state index in [9.17, 15) is 0 Å². The van der Waals surface area contributed by atoms with Crippen molar-refractivity contribution >= 4 is 17.5 Å². The van der Waals surface area contributed by atoms with E-state index in [1.54, 1.807) is 18.9 Å². The average molecular weight is 297 g/mol. The highest BCUT2D eigenvalue weighted by Gasteiger charge is 2.13. The zero-order chi connectivity index (χ0) is 14.7. The van der Waals surface area contributed by atoms with Crippen molar-refractivity contribution in [1.29, 1.82) is 0 Å². The van der Waals surface area contributed by atoms with Crippen LogP contribution in [0.3, 0.4) is 0 Å². The largest absolute Gasteiger partial charge is 0.493 e. The third-order valence-electron chi connectivity index (χ3n) is 2.87. The monoisotopic (exact) mass is 296 g/mol. The van der Waals surface area contributed by atoms with Crippen molar-refractivity contribution in [2.24, 2.45) is 7.05 Å². The van der Waals surface area contributed by atoms with Crippen LogP contribution in [0.2, 0.25) is 5.02 Å². The van der Waals surface area contributed by atoms with E-state index in [2.05, 4.69) is 15.4 Å². The van der Waals surface area contributed by atoms with Crippen molar-refractivity contribution < 1.29 is 9.47 Å². The topological polar surface area (TPSA) is 61.2 Å². The summed E-state index contributed by atoms with van der Waals surface area (Å²) in [6.07, 6.45) is 0. The molecule has 0 amide bonds. The highest BCUT2D eigenvalue weighted by atomic mass is 35.5. The molecule has 0 unspecified atom stereocenters. The lowest BCUT2D eigenvalue weighted by molar-refractivity contribution is 0.355. The average Bonchev–Trinajstić information content (AvgIpc) is 2.75. The lowest BCUT2D eigenvalue weighted by Crippen LogP contribution is -2.06. The van der Waals surface area contributed by atoms with Crippen molar-refractivity contribution in [3.05, 3.63) is 28.5 Å². The smallest absolute Gasteiger partial charge is 0.221 e. The fourth-order valence-electron chi connectivity index (χ4n) is 1.91. The van der Waals surface area contributed by atoms with E-state index in [4.69, 9.17) is 21.1 Å². The van der Waals surface area contributed by atoms with Crippen molar-refractivity contribution in [2.45, 2.75) is 13.5 Å². The van der Waals surface area contributed by atoms with Crippen LogP contribution in [0.4, 0.5) is 5.95 Å². The Labute approximate surface area is 122 Å². The van der Waals surface area contributed by atoms with Crippen LogP contribution in [-0.4, -0.2) is 29.0 Å². The van der Waals surface area contributed by atoms with E-state index in [0.717, 1.165) is 5.56 Å². The number of nitrogens with zero attached hydrogens (tertiary/aromatic N) is 3. The van der Waals surface area contributed by atoms with Crippen LogP contribution >= 0.6 is 11.6 Å². The van der Waals surface area contributed by atoms with E-state index >= 15 is 0 Å². The van der Waals surface area contributed by atoms with Gasteiger partial charge in [-0.1, -0.05) is 17.7 Å². The van der Waals surface area contributed by atoms with Crippen molar-refractivity contribution in [3.63, 3.8) is 0 Å². The van der Waals surface area contributed by atoms with Gasteiger partial charge < -0.3 is 14.8 Å². The highest BCUT2D eigenvalue weighted by Crippen LogP contribution is 2.37. The fourth-order valence-corrected chi connectivity index (χ4v) is 2.21. The zero-order valence-electron chi connectivity index (χ0n) is 11.9. The van der Waals surface area contributed by atoms with Gasteiger partial charge in [0.05, 0.1) is 19.2 Å². The molecule has 1 N–H and O–H groups in total. The molecule has 0 atom stereocenters. The third-order valence-corrected chi connectivity index (χ3v) is 3.29. The maximum Gasteiger partial charge on any atom is 0.221 e. The van der Waals surface area contributed by atoms with Gasteiger partial charge in [-0.2, -0.15) is 10.1 Å². The molecule has 0 radical (unpaired) electrons. The van der Waals surface area contributed by atoms with Crippen LogP contribution in [0.25, 0.3) is 0 Å². The van der Waals surface area contributed by atoms with Gasteiger partial charge in [0.2, 0.25) is 5.95 Å². The number of aryl methyl sites for hydroxylation is 2. The first-order chi connectivity index (χ1) is 9.56. The van der Waals surface area contributed by atoms with Crippen LogP contribution in [0.1, 0.15) is 11.4 Å². The van der Waals surface area contributed by atoms with E-state index in [1.807, 2.05) is 26.1 Å². The Morgan fingerprint density at radius 1 is 1.30 bits per heavy atom. The maximum atomic E-state index is 6.32. The van der Waals surface area contributed by atoms with E-state index in [1.165, 1.54) is 0 Å². The number of ether oxygens (including phenoxy) is 2. The molecule has 20 heavy (non-hydrogen) atoms. The molecule has 0 aliphatic carbocycles. The number of methoxy groups -OCH3 is 2. The SMILES string of the molecule is COc1ccc(CNc2nc(C)nn2C)c(Cl)c1OC. The molecule has 1 heterocycles. The minimum absolute atomic E-state index is 0.519.